The number of thioether (sulfide) groups is 1. The highest BCUT2D eigenvalue weighted by Crippen LogP contribution is 2.19. The van der Waals surface area contributed by atoms with Crippen LogP contribution in [0.5, 0.6) is 0 Å². The van der Waals surface area contributed by atoms with E-state index in [1.807, 2.05) is 38.3 Å². The number of aromatic nitrogens is 2. The standard InChI is InChI=1S/C21H23N3O3S/c1-4-14(2)24-20(26)17-10-5-6-11-18(17)23(21(24)27)13-19(25)22-15-8-7-9-16(12-15)28-3/h5-12,14H,4,13H2,1-3H3,(H,22,25). The van der Waals surface area contributed by atoms with E-state index in [-0.39, 0.29) is 24.1 Å². The number of carbonyl (C=O) groups is 1. The van der Waals surface area contributed by atoms with Crippen LogP contribution in [0.3, 0.4) is 0 Å². The number of para-hydroxylation sites is 1. The molecule has 0 bridgehead atoms. The normalized spacial score (nSPS) is 12.1. The van der Waals surface area contributed by atoms with E-state index < -0.39 is 5.69 Å². The number of anilines is 1. The molecule has 0 saturated heterocycles. The molecule has 0 aliphatic carbocycles. The van der Waals surface area contributed by atoms with Gasteiger partial charge in [-0.1, -0.05) is 25.1 Å². The molecule has 0 fully saturated rings. The first-order valence-corrected chi connectivity index (χ1v) is 10.4. The summed E-state index contributed by atoms with van der Waals surface area (Å²) in [5, 5.41) is 3.27. The minimum Gasteiger partial charge on any atom is -0.324 e. The Hall–Kier alpha value is -2.80. The Kier molecular flexibility index (Phi) is 6.04. The topological polar surface area (TPSA) is 73.1 Å². The number of benzene rings is 2. The average Bonchev–Trinajstić information content (AvgIpc) is 2.71. The van der Waals surface area contributed by atoms with Crippen molar-refractivity contribution in [3.8, 4) is 0 Å². The smallest absolute Gasteiger partial charge is 0.324 e. The molecule has 1 aromatic heterocycles. The lowest BCUT2D eigenvalue weighted by Crippen LogP contribution is -2.43. The summed E-state index contributed by atoms with van der Waals surface area (Å²) in [6.45, 7) is 3.58. The molecule has 3 aromatic rings. The number of amides is 1. The van der Waals surface area contributed by atoms with E-state index in [0.29, 0.717) is 23.0 Å². The van der Waals surface area contributed by atoms with E-state index in [0.717, 1.165) is 4.90 Å². The molecule has 1 amide bonds. The molecule has 0 spiro atoms. The summed E-state index contributed by atoms with van der Waals surface area (Å²) in [5.74, 6) is -0.320. The van der Waals surface area contributed by atoms with Crippen LogP contribution in [-0.2, 0) is 11.3 Å². The number of fused-ring (bicyclic) bond motifs is 1. The van der Waals surface area contributed by atoms with Crippen molar-refractivity contribution in [3.05, 3.63) is 69.4 Å². The van der Waals surface area contributed by atoms with Gasteiger partial charge >= 0.3 is 5.69 Å². The second-order valence-electron chi connectivity index (χ2n) is 6.60. The van der Waals surface area contributed by atoms with Crippen LogP contribution in [0, 0.1) is 0 Å². The summed E-state index contributed by atoms with van der Waals surface area (Å²) in [7, 11) is 0. The summed E-state index contributed by atoms with van der Waals surface area (Å²) in [6.07, 6.45) is 2.60. The van der Waals surface area contributed by atoms with Crippen LogP contribution in [0.2, 0.25) is 0 Å². The highest BCUT2D eigenvalue weighted by molar-refractivity contribution is 7.98. The minimum atomic E-state index is -0.467. The van der Waals surface area contributed by atoms with Crippen LogP contribution < -0.4 is 16.6 Å². The first-order chi connectivity index (χ1) is 13.5. The predicted molar refractivity (Wildman–Crippen MR) is 114 cm³/mol. The van der Waals surface area contributed by atoms with Crippen LogP contribution in [0.15, 0.2) is 63.0 Å². The third-order valence-electron chi connectivity index (χ3n) is 4.77. The number of rotatable bonds is 6. The van der Waals surface area contributed by atoms with Crippen LogP contribution in [0.1, 0.15) is 26.3 Å². The molecule has 146 valence electrons. The van der Waals surface area contributed by atoms with Gasteiger partial charge in [0, 0.05) is 16.6 Å². The van der Waals surface area contributed by atoms with Gasteiger partial charge in [0.15, 0.2) is 0 Å². The third kappa shape index (κ3) is 3.89. The van der Waals surface area contributed by atoms with Crippen LogP contribution in [0.25, 0.3) is 10.9 Å². The van der Waals surface area contributed by atoms with Gasteiger partial charge in [-0.3, -0.25) is 18.7 Å². The van der Waals surface area contributed by atoms with E-state index in [9.17, 15) is 14.4 Å². The Morgan fingerprint density at radius 3 is 2.61 bits per heavy atom. The van der Waals surface area contributed by atoms with Gasteiger partial charge in [0.05, 0.1) is 10.9 Å². The molecule has 28 heavy (non-hydrogen) atoms. The molecule has 1 heterocycles. The Morgan fingerprint density at radius 2 is 1.89 bits per heavy atom. The summed E-state index contributed by atoms with van der Waals surface area (Å²) < 4.78 is 2.61. The zero-order chi connectivity index (χ0) is 20.3. The highest BCUT2D eigenvalue weighted by atomic mass is 32.2. The van der Waals surface area contributed by atoms with Crippen molar-refractivity contribution in [1.82, 2.24) is 9.13 Å². The fraction of sp³-hybridized carbons (Fsp3) is 0.286. The second-order valence-corrected chi connectivity index (χ2v) is 7.48. The van der Waals surface area contributed by atoms with Gasteiger partial charge in [0.25, 0.3) is 5.56 Å². The zero-order valence-corrected chi connectivity index (χ0v) is 17.0. The summed E-state index contributed by atoms with van der Waals surface area (Å²) in [6, 6.07) is 14.2. The van der Waals surface area contributed by atoms with Crippen molar-refractivity contribution in [2.45, 2.75) is 37.8 Å². The zero-order valence-electron chi connectivity index (χ0n) is 16.1. The third-order valence-corrected chi connectivity index (χ3v) is 5.49. The van der Waals surface area contributed by atoms with Gasteiger partial charge in [0.2, 0.25) is 5.91 Å². The molecule has 0 aliphatic rings. The van der Waals surface area contributed by atoms with Gasteiger partial charge in [-0.15, -0.1) is 11.8 Å². The van der Waals surface area contributed by atoms with E-state index >= 15 is 0 Å². The Morgan fingerprint density at radius 1 is 1.14 bits per heavy atom. The Balaban J connectivity index is 2.03. The SMILES string of the molecule is CCC(C)n1c(=O)c2ccccc2n(CC(=O)Nc2cccc(SC)c2)c1=O. The van der Waals surface area contributed by atoms with Gasteiger partial charge in [-0.2, -0.15) is 0 Å². The minimum absolute atomic E-state index is 0.167. The average molecular weight is 398 g/mol. The molecule has 7 heteroatoms. The Labute approximate surface area is 167 Å². The van der Waals surface area contributed by atoms with Gasteiger partial charge < -0.3 is 5.32 Å². The maximum Gasteiger partial charge on any atom is 0.332 e. The number of nitrogens with zero attached hydrogens (tertiary/aromatic N) is 2. The van der Waals surface area contributed by atoms with Crippen molar-refractivity contribution < 1.29 is 4.79 Å². The molecular weight excluding hydrogens is 374 g/mol. The summed E-state index contributed by atoms with van der Waals surface area (Å²) >= 11 is 1.58. The van der Waals surface area contributed by atoms with Crippen LogP contribution in [0.4, 0.5) is 5.69 Å². The molecule has 1 N–H and O–H groups in total. The molecule has 3 rings (SSSR count). The van der Waals surface area contributed by atoms with E-state index in [1.54, 1.807) is 42.1 Å². The summed E-state index contributed by atoms with van der Waals surface area (Å²) in [4.78, 5) is 39.5. The monoisotopic (exact) mass is 397 g/mol. The largest absolute Gasteiger partial charge is 0.332 e. The van der Waals surface area contributed by atoms with Gasteiger partial charge in [-0.25, -0.2) is 4.79 Å². The fourth-order valence-electron chi connectivity index (χ4n) is 3.11. The first-order valence-electron chi connectivity index (χ1n) is 9.14. The lowest BCUT2D eigenvalue weighted by Gasteiger charge is -2.17. The van der Waals surface area contributed by atoms with Crippen molar-refractivity contribution in [1.29, 1.82) is 0 Å². The van der Waals surface area contributed by atoms with E-state index in [1.165, 1.54) is 9.13 Å². The molecule has 0 radical (unpaired) electrons. The van der Waals surface area contributed by atoms with Gasteiger partial charge in [-0.05, 0) is 49.9 Å². The number of hydrogen-bond donors (Lipinski definition) is 1. The van der Waals surface area contributed by atoms with Crippen LogP contribution in [-0.4, -0.2) is 21.3 Å². The molecule has 2 aromatic carbocycles. The molecular formula is C21H23N3O3S. The predicted octanol–water partition coefficient (Wildman–Crippen LogP) is 3.49. The summed E-state index contributed by atoms with van der Waals surface area (Å²) in [5.41, 5.74) is 0.347. The van der Waals surface area contributed by atoms with Gasteiger partial charge in [0.1, 0.15) is 6.54 Å². The lowest BCUT2D eigenvalue weighted by atomic mass is 10.2. The number of carbonyl (C=O) groups excluding carboxylic acids is 1. The van der Waals surface area contributed by atoms with Crippen molar-refractivity contribution >= 4 is 34.3 Å². The van der Waals surface area contributed by atoms with E-state index in [2.05, 4.69) is 5.32 Å². The van der Waals surface area contributed by atoms with Crippen molar-refractivity contribution in [2.75, 3.05) is 11.6 Å². The van der Waals surface area contributed by atoms with E-state index in [4.69, 9.17) is 0 Å². The number of hydrogen-bond acceptors (Lipinski definition) is 4. The second kappa shape index (κ2) is 8.48. The molecule has 1 atom stereocenters. The molecule has 0 aliphatic heterocycles. The first kappa shape index (κ1) is 19.9. The Bertz CT molecular complexity index is 1130. The molecule has 1 unspecified atom stereocenters. The molecule has 0 saturated carbocycles. The van der Waals surface area contributed by atoms with Crippen molar-refractivity contribution in [3.63, 3.8) is 0 Å². The maximum atomic E-state index is 13.0. The quantitative estimate of drug-likeness (QED) is 0.646. The highest BCUT2D eigenvalue weighted by Gasteiger charge is 2.18. The lowest BCUT2D eigenvalue weighted by molar-refractivity contribution is -0.116. The number of nitrogens with one attached hydrogen (secondary N) is 1. The maximum absolute atomic E-state index is 13.0. The molecule has 6 nitrogen and oxygen atoms in total. The van der Waals surface area contributed by atoms with Crippen molar-refractivity contribution in [2.24, 2.45) is 0 Å². The van der Waals surface area contributed by atoms with Crippen LogP contribution >= 0.6 is 11.8 Å². The fourth-order valence-corrected chi connectivity index (χ4v) is 3.57.